The van der Waals surface area contributed by atoms with Gasteiger partial charge >= 0.3 is 6.18 Å². The second-order valence-corrected chi connectivity index (χ2v) is 6.43. The van der Waals surface area contributed by atoms with Crippen LogP contribution in [0.4, 0.5) is 17.6 Å². The molecule has 1 aliphatic rings. The van der Waals surface area contributed by atoms with E-state index in [0.29, 0.717) is 17.4 Å². The van der Waals surface area contributed by atoms with Gasteiger partial charge in [0.1, 0.15) is 12.4 Å². The van der Waals surface area contributed by atoms with Crippen LogP contribution in [0.2, 0.25) is 0 Å². The maximum absolute atomic E-state index is 13.5. The largest absolute Gasteiger partial charge is 0.485 e. The number of carbonyl (C=O) groups excluding carboxylic acids is 1. The lowest BCUT2D eigenvalue weighted by molar-refractivity contribution is -0.137. The highest BCUT2D eigenvalue weighted by Gasteiger charge is 2.31. The van der Waals surface area contributed by atoms with Crippen LogP contribution in [-0.2, 0) is 24.1 Å². The van der Waals surface area contributed by atoms with E-state index in [1.54, 1.807) is 19.1 Å². The van der Waals surface area contributed by atoms with Gasteiger partial charge in [-0.2, -0.15) is 13.2 Å². The molecule has 2 aromatic rings. The summed E-state index contributed by atoms with van der Waals surface area (Å²) in [5.41, 5.74) is 4.82. The number of hydrogen-bond acceptors (Lipinski definition) is 5. The van der Waals surface area contributed by atoms with Crippen molar-refractivity contribution in [2.75, 3.05) is 6.79 Å². The Morgan fingerprint density at radius 2 is 1.97 bits per heavy atom. The number of alkyl halides is 3. The summed E-state index contributed by atoms with van der Waals surface area (Å²) < 4.78 is 68.4. The molecule has 1 heterocycles. The van der Waals surface area contributed by atoms with Crippen LogP contribution >= 0.6 is 0 Å². The van der Waals surface area contributed by atoms with Crippen molar-refractivity contribution in [2.24, 2.45) is 5.73 Å². The van der Waals surface area contributed by atoms with Crippen molar-refractivity contribution in [1.82, 2.24) is 5.32 Å². The molecule has 1 atom stereocenters. The molecule has 6 nitrogen and oxygen atoms in total. The van der Waals surface area contributed by atoms with Crippen LogP contribution in [0.1, 0.15) is 23.6 Å². The maximum Gasteiger partial charge on any atom is 0.416 e. The molecule has 0 radical (unpaired) electrons. The lowest BCUT2D eigenvalue weighted by Crippen LogP contribution is -2.38. The minimum absolute atomic E-state index is 0.0195. The van der Waals surface area contributed by atoms with Gasteiger partial charge in [-0.3, -0.25) is 4.79 Å². The summed E-state index contributed by atoms with van der Waals surface area (Å²) >= 11 is 0. The van der Waals surface area contributed by atoms with Gasteiger partial charge in [0, 0.05) is 12.1 Å². The molecular weight excluding hydrogens is 396 g/mol. The van der Waals surface area contributed by atoms with E-state index in [2.05, 4.69) is 5.32 Å². The molecule has 2 aromatic carbocycles. The molecule has 156 valence electrons. The van der Waals surface area contributed by atoms with E-state index in [1.165, 1.54) is 0 Å². The van der Waals surface area contributed by atoms with Gasteiger partial charge in [-0.1, -0.05) is 6.07 Å². The first-order valence-corrected chi connectivity index (χ1v) is 8.59. The summed E-state index contributed by atoms with van der Waals surface area (Å²) in [6, 6.07) is 4.88. The van der Waals surface area contributed by atoms with Crippen molar-refractivity contribution in [3.63, 3.8) is 0 Å². The van der Waals surface area contributed by atoms with Crippen molar-refractivity contribution in [2.45, 2.75) is 32.3 Å². The van der Waals surface area contributed by atoms with Gasteiger partial charge in [0.15, 0.2) is 11.5 Å². The first kappa shape index (κ1) is 20.7. The predicted octanol–water partition coefficient (Wildman–Crippen LogP) is 3.12. The number of nitrogens with one attached hydrogen (secondary N) is 1. The SMILES string of the molecule is C[C@H](NCc1ccc(OCc2cc(F)cc(C(F)(F)F)c2)c2c1OCO2)C(N)=O. The Morgan fingerprint density at radius 3 is 2.66 bits per heavy atom. The van der Waals surface area contributed by atoms with Gasteiger partial charge in [-0.05, 0) is 36.8 Å². The average Bonchev–Trinajstić information content (AvgIpc) is 3.13. The highest BCUT2D eigenvalue weighted by atomic mass is 19.4. The third-order valence-electron chi connectivity index (χ3n) is 4.27. The quantitative estimate of drug-likeness (QED) is 0.681. The summed E-state index contributed by atoms with van der Waals surface area (Å²) in [6.45, 7) is 1.53. The number of rotatable bonds is 7. The number of halogens is 4. The van der Waals surface area contributed by atoms with E-state index in [9.17, 15) is 22.4 Å². The average molecular weight is 414 g/mol. The van der Waals surface area contributed by atoms with Crippen LogP contribution in [0.5, 0.6) is 17.2 Å². The normalized spacial score (nSPS) is 14.0. The van der Waals surface area contributed by atoms with E-state index in [0.717, 1.165) is 12.1 Å². The molecule has 0 saturated carbocycles. The molecule has 0 spiro atoms. The predicted molar refractivity (Wildman–Crippen MR) is 93.8 cm³/mol. The second kappa shape index (κ2) is 8.16. The Balaban J connectivity index is 1.75. The minimum atomic E-state index is -4.66. The summed E-state index contributed by atoms with van der Waals surface area (Å²) in [4.78, 5) is 11.1. The molecule has 0 aliphatic carbocycles. The van der Waals surface area contributed by atoms with Crippen LogP contribution in [0.15, 0.2) is 30.3 Å². The molecule has 0 saturated heterocycles. The molecule has 10 heteroatoms. The van der Waals surface area contributed by atoms with Crippen molar-refractivity contribution in [3.8, 4) is 17.2 Å². The number of benzene rings is 2. The van der Waals surface area contributed by atoms with Crippen molar-refractivity contribution >= 4 is 5.91 Å². The van der Waals surface area contributed by atoms with Crippen LogP contribution in [0, 0.1) is 5.82 Å². The number of ether oxygens (including phenoxy) is 3. The highest BCUT2D eigenvalue weighted by molar-refractivity contribution is 5.79. The molecule has 1 amide bonds. The Morgan fingerprint density at radius 1 is 1.24 bits per heavy atom. The van der Waals surface area contributed by atoms with E-state index in [-0.39, 0.29) is 37.0 Å². The van der Waals surface area contributed by atoms with E-state index < -0.39 is 29.5 Å². The number of amides is 1. The molecule has 0 aromatic heterocycles. The zero-order chi connectivity index (χ0) is 21.2. The van der Waals surface area contributed by atoms with Crippen LogP contribution in [0.3, 0.4) is 0 Å². The first-order valence-electron chi connectivity index (χ1n) is 8.59. The highest BCUT2D eigenvalue weighted by Crippen LogP contribution is 2.44. The van der Waals surface area contributed by atoms with Gasteiger partial charge in [-0.15, -0.1) is 0 Å². The van der Waals surface area contributed by atoms with Crippen LogP contribution in [0.25, 0.3) is 0 Å². The fourth-order valence-electron chi connectivity index (χ4n) is 2.70. The van der Waals surface area contributed by atoms with Crippen LogP contribution in [-0.4, -0.2) is 18.7 Å². The molecule has 3 rings (SSSR count). The van der Waals surface area contributed by atoms with E-state index in [4.69, 9.17) is 19.9 Å². The standard InChI is InChI=1S/C19H18F4N2O4/c1-10(18(24)26)25-7-12-2-3-15(17-16(12)28-9-29-17)27-8-11-4-13(19(21,22)23)6-14(20)5-11/h2-6,10,25H,7-9H2,1H3,(H2,24,26)/t10-/m0/s1. The third-order valence-corrected chi connectivity index (χ3v) is 4.27. The van der Waals surface area contributed by atoms with Crippen molar-refractivity contribution in [1.29, 1.82) is 0 Å². The third kappa shape index (κ3) is 4.89. The smallest absolute Gasteiger partial charge is 0.416 e. The fourth-order valence-corrected chi connectivity index (χ4v) is 2.70. The van der Waals surface area contributed by atoms with Gasteiger partial charge in [0.05, 0.1) is 11.6 Å². The molecular formula is C19H18F4N2O4. The van der Waals surface area contributed by atoms with Gasteiger partial charge in [0.25, 0.3) is 0 Å². The van der Waals surface area contributed by atoms with E-state index in [1.807, 2.05) is 0 Å². The zero-order valence-electron chi connectivity index (χ0n) is 15.3. The van der Waals surface area contributed by atoms with Gasteiger partial charge < -0.3 is 25.3 Å². The van der Waals surface area contributed by atoms with Gasteiger partial charge in [0.2, 0.25) is 18.4 Å². The number of primary amides is 1. The van der Waals surface area contributed by atoms with Crippen molar-refractivity contribution in [3.05, 3.63) is 52.8 Å². The summed E-state index contributed by atoms with van der Waals surface area (Å²) in [7, 11) is 0. The Labute approximate surface area is 163 Å². The molecule has 0 unspecified atom stereocenters. The second-order valence-electron chi connectivity index (χ2n) is 6.43. The number of hydrogen-bond donors (Lipinski definition) is 2. The monoisotopic (exact) mass is 414 g/mol. The van der Waals surface area contributed by atoms with Crippen molar-refractivity contribution < 1.29 is 36.6 Å². The molecule has 0 fully saturated rings. The van der Waals surface area contributed by atoms with E-state index >= 15 is 0 Å². The fraction of sp³-hybridized carbons (Fsp3) is 0.316. The zero-order valence-corrected chi connectivity index (χ0v) is 15.3. The summed E-state index contributed by atoms with van der Waals surface area (Å²) in [5, 5.41) is 2.93. The first-order chi connectivity index (χ1) is 13.6. The number of nitrogens with two attached hydrogens (primary N) is 1. The topological polar surface area (TPSA) is 82.8 Å². The lowest BCUT2D eigenvalue weighted by atomic mass is 10.1. The summed E-state index contributed by atoms with van der Waals surface area (Å²) in [5.74, 6) is -0.604. The molecule has 0 bridgehead atoms. The lowest BCUT2D eigenvalue weighted by Gasteiger charge is -2.14. The number of carbonyl (C=O) groups is 1. The Kier molecular flexibility index (Phi) is 5.83. The molecule has 1 aliphatic heterocycles. The number of fused-ring (bicyclic) bond motifs is 1. The van der Waals surface area contributed by atoms with Gasteiger partial charge in [-0.25, -0.2) is 4.39 Å². The van der Waals surface area contributed by atoms with Crippen LogP contribution < -0.4 is 25.3 Å². The Bertz CT molecular complexity index is 918. The summed E-state index contributed by atoms with van der Waals surface area (Å²) in [6.07, 6.45) is -4.66. The Hall–Kier alpha value is -3.01. The molecule has 29 heavy (non-hydrogen) atoms. The molecule has 3 N–H and O–H groups in total. The maximum atomic E-state index is 13.5. The minimum Gasteiger partial charge on any atom is -0.485 e.